The number of nitrogens with one attached hydrogen (secondary N) is 2. The number of carbonyl (C=O) groups is 1. The molecule has 0 bridgehead atoms. The Balaban J connectivity index is 2.01. The predicted octanol–water partition coefficient (Wildman–Crippen LogP) is 2.63. The predicted molar refractivity (Wildman–Crippen MR) is 82.8 cm³/mol. The van der Waals surface area contributed by atoms with Gasteiger partial charge >= 0.3 is 6.18 Å². The van der Waals surface area contributed by atoms with Crippen molar-refractivity contribution in [3.05, 3.63) is 16.3 Å². The molecule has 1 fully saturated rings. The van der Waals surface area contributed by atoms with E-state index in [1.807, 2.05) is 0 Å². The van der Waals surface area contributed by atoms with Crippen LogP contribution in [0.5, 0.6) is 0 Å². The average molecular weight is 389 g/mol. The number of piperazine rings is 1. The molecule has 0 aliphatic carbocycles. The summed E-state index contributed by atoms with van der Waals surface area (Å²) in [6.07, 6.45) is -4.49. The van der Waals surface area contributed by atoms with Crippen LogP contribution in [0.25, 0.3) is 0 Å². The molecule has 1 amide bonds. The van der Waals surface area contributed by atoms with E-state index in [1.54, 1.807) is 0 Å². The fraction of sp³-hybridized carbons (Fsp3) is 0.615. The van der Waals surface area contributed by atoms with Crippen LogP contribution in [-0.4, -0.2) is 61.5 Å². The van der Waals surface area contributed by atoms with Crippen LogP contribution in [0.15, 0.2) is 16.3 Å². The molecular formula is C13H16F5N3OS2. The Morgan fingerprint density at radius 2 is 2.04 bits per heavy atom. The second kappa shape index (κ2) is 8.45. The first-order valence-corrected chi connectivity index (χ1v) is 8.87. The Hall–Kier alpha value is -0.910. The molecule has 0 saturated carbocycles. The maximum atomic E-state index is 13.2. The SMILES string of the molecule is O=C(NCC(N1CCNCC1)C(F)(F)F)c1sccc1SC(F)F. The van der Waals surface area contributed by atoms with Gasteiger partial charge in [0.1, 0.15) is 10.9 Å². The molecule has 1 aliphatic rings. The van der Waals surface area contributed by atoms with Gasteiger partial charge in [0.2, 0.25) is 0 Å². The molecule has 0 aromatic carbocycles. The van der Waals surface area contributed by atoms with Crippen molar-refractivity contribution in [2.75, 3.05) is 32.7 Å². The Morgan fingerprint density at radius 1 is 1.38 bits per heavy atom. The minimum atomic E-state index is -4.49. The second-order valence-electron chi connectivity index (χ2n) is 5.05. The van der Waals surface area contributed by atoms with Crippen molar-refractivity contribution >= 4 is 29.0 Å². The van der Waals surface area contributed by atoms with Gasteiger partial charge in [-0.15, -0.1) is 11.3 Å². The van der Waals surface area contributed by atoms with Gasteiger partial charge in [-0.25, -0.2) is 0 Å². The zero-order valence-electron chi connectivity index (χ0n) is 12.4. The lowest BCUT2D eigenvalue weighted by atomic mass is 10.2. The largest absolute Gasteiger partial charge is 0.405 e. The van der Waals surface area contributed by atoms with Gasteiger partial charge in [-0.1, -0.05) is 11.8 Å². The fourth-order valence-electron chi connectivity index (χ4n) is 2.37. The van der Waals surface area contributed by atoms with Crippen LogP contribution in [-0.2, 0) is 0 Å². The highest BCUT2D eigenvalue weighted by atomic mass is 32.2. The summed E-state index contributed by atoms with van der Waals surface area (Å²) < 4.78 is 64.6. The summed E-state index contributed by atoms with van der Waals surface area (Å²) in [4.78, 5) is 13.4. The number of hydrogen-bond acceptors (Lipinski definition) is 5. The highest BCUT2D eigenvalue weighted by molar-refractivity contribution is 7.99. The van der Waals surface area contributed by atoms with Crippen LogP contribution in [0.4, 0.5) is 22.0 Å². The molecule has 1 aromatic heterocycles. The third-order valence-corrected chi connectivity index (χ3v) is 5.29. The summed E-state index contributed by atoms with van der Waals surface area (Å²) in [5, 5.41) is 6.65. The lowest BCUT2D eigenvalue weighted by Gasteiger charge is -2.35. The van der Waals surface area contributed by atoms with E-state index < -0.39 is 30.4 Å². The Morgan fingerprint density at radius 3 is 2.62 bits per heavy atom. The molecule has 2 rings (SSSR count). The second-order valence-corrected chi connectivity index (χ2v) is 6.99. The Kier molecular flexibility index (Phi) is 6.84. The summed E-state index contributed by atoms with van der Waals surface area (Å²) in [7, 11) is 0. The number of hydrogen-bond donors (Lipinski definition) is 2. The fourth-order valence-corrected chi connectivity index (χ4v) is 3.98. The molecule has 24 heavy (non-hydrogen) atoms. The van der Waals surface area contributed by atoms with E-state index >= 15 is 0 Å². The quantitative estimate of drug-likeness (QED) is 0.580. The molecule has 1 saturated heterocycles. The van der Waals surface area contributed by atoms with E-state index in [-0.39, 0.29) is 34.6 Å². The maximum absolute atomic E-state index is 13.2. The molecular weight excluding hydrogens is 373 g/mol. The van der Waals surface area contributed by atoms with Crippen LogP contribution >= 0.6 is 23.1 Å². The topological polar surface area (TPSA) is 44.4 Å². The van der Waals surface area contributed by atoms with Crippen molar-refractivity contribution in [2.45, 2.75) is 22.9 Å². The van der Waals surface area contributed by atoms with Gasteiger partial charge in [-0.05, 0) is 11.4 Å². The number of halogens is 5. The highest BCUT2D eigenvalue weighted by Crippen LogP contribution is 2.32. The third-order valence-electron chi connectivity index (χ3n) is 3.48. The molecule has 1 unspecified atom stereocenters. The van der Waals surface area contributed by atoms with Crippen molar-refractivity contribution in [1.29, 1.82) is 0 Å². The molecule has 2 heterocycles. The number of nitrogens with zero attached hydrogens (tertiary/aromatic N) is 1. The average Bonchev–Trinajstić information content (AvgIpc) is 2.94. The molecule has 1 atom stereocenters. The lowest BCUT2D eigenvalue weighted by Crippen LogP contribution is -2.57. The van der Waals surface area contributed by atoms with Crippen LogP contribution < -0.4 is 10.6 Å². The summed E-state index contributed by atoms with van der Waals surface area (Å²) in [6, 6.07) is -0.441. The minimum absolute atomic E-state index is 0.00142. The van der Waals surface area contributed by atoms with Gasteiger partial charge in [-0.2, -0.15) is 22.0 Å². The molecule has 0 spiro atoms. The number of alkyl halides is 5. The maximum Gasteiger partial charge on any atom is 0.405 e. The van der Waals surface area contributed by atoms with E-state index in [2.05, 4.69) is 10.6 Å². The first-order valence-electron chi connectivity index (χ1n) is 7.11. The molecule has 4 nitrogen and oxygen atoms in total. The highest BCUT2D eigenvalue weighted by Gasteiger charge is 2.43. The Bertz CT molecular complexity index is 546. The number of thiophene rings is 1. The monoisotopic (exact) mass is 389 g/mol. The van der Waals surface area contributed by atoms with Crippen LogP contribution in [0.1, 0.15) is 9.67 Å². The van der Waals surface area contributed by atoms with Gasteiger partial charge < -0.3 is 10.6 Å². The summed E-state index contributed by atoms with van der Waals surface area (Å²) in [6.45, 7) is 0.733. The van der Waals surface area contributed by atoms with Gasteiger partial charge in [0.05, 0.1) is 0 Å². The Labute approximate surface area is 143 Å². The number of thioether (sulfide) groups is 1. The van der Waals surface area contributed by atoms with Crippen molar-refractivity contribution < 1.29 is 26.7 Å². The first-order chi connectivity index (χ1) is 11.3. The van der Waals surface area contributed by atoms with E-state index in [4.69, 9.17) is 0 Å². The summed E-state index contributed by atoms with van der Waals surface area (Å²) >= 11 is 1.13. The summed E-state index contributed by atoms with van der Waals surface area (Å²) in [5.41, 5.74) is 0. The zero-order valence-corrected chi connectivity index (χ0v) is 14.0. The first kappa shape index (κ1) is 19.4. The minimum Gasteiger partial charge on any atom is -0.349 e. The number of rotatable bonds is 6. The lowest BCUT2D eigenvalue weighted by molar-refractivity contribution is -0.183. The van der Waals surface area contributed by atoms with Gasteiger partial charge in [0, 0.05) is 37.6 Å². The number of amides is 1. The zero-order chi connectivity index (χ0) is 17.7. The van der Waals surface area contributed by atoms with Gasteiger partial charge in [0.15, 0.2) is 0 Å². The molecule has 0 radical (unpaired) electrons. The van der Waals surface area contributed by atoms with E-state index in [1.165, 1.54) is 16.3 Å². The van der Waals surface area contributed by atoms with E-state index in [0.29, 0.717) is 13.1 Å². The van der Waals surface area contributed by atoms with Crippen molar-refractivity contribution in [2.24, 2.45) is 0 Å². The van der Waals surface area contributed by atoms with Crippen LogP contribution in [0.2, 0.25) is 0 Å². The van der Waals surface area contributed by atoms with E-state index in [9.17, 15) is 26.7 Å². The van der Waals surface area contributed by atoms with Crippen LogP contribution in [0, 0.1) is 0 Å². The van der Waals surface area contributed by atoms with Crippen LogP contribution in [0.3, 0.4) is 0 Å². The van der Waals surface area contributed by atoms with Gasteiger partial charge in [0.25, 0.3) is 11.7 Å². The van der Waals surface area contributed by atoms with Crippen molar-refractivity contribution in [3.63, 3.8) is 0 Å². The molecule has 11 heteroatoms. The number of carbonyl (C=O) groups excluding carboxylic acids is 1. The van der Waals surface area contributed by atoms with Gasteiger partial charge in [-0.3, -0.25) is 9.69 Å². The standard InChI is InChI=1S/C13H16F5N3OS2/c14-12(15)24-8-1-6-23-10(8)11(22)20-7-9(13(16,17)18)21-4-2-19-3-5-21/h1,6,9,12,19H,2-5,7H2,(H,20,22). The molecule has 136 valence electrons. The molecule has 1 aliphatic heterocycles. The van der Waals surface area contributed by atoms with E-state index in [0.717, 1.165) is 11.3 Å². The van der Waals surface area contributed by atoms with Crippen molar-refractivity contribution in [3.8, 4) is 0 Å². The summed E-state index contributed by atoms with van der Waals surface area (Å²) in [5.74, 6) is -3.47. The molecule has 1 aromatic rings. The molecule has 2 N–H and O–H groups in total. The third kappa shape index (κ3) is 5.30. The van der Waals surface area contributed by atoms with Crippen molar-refractivity contribution in [1.82, 2.24) is 15.5 Å². The smallest absolute Gasteiger partial charge is 0.349 e. The normalized spacial score (nSPS) is 17.9.